The lowest BCUT2D eigenvalue weighted by atomic mass is 9.88. The van der Waals surface area contributed by atoms with Gasteiger partial charge in [-0.1, -0.05) is 140 Å². The summed E-state index contributed by atoms with van der Waals surface area (Å²) in [5.41, 5.74) is 13.4. The second kappa shape index (κ2) is 12.5. The summed E-state index contributed by atoms with van der Waals surface area (Å²) in [7, 11) is 0. The summed E-state index contributed by atoms with van der Waals surface area (Å²) in [6.07, 6.45) is 8.05. The van der Waals surface area contributed by atoms with Gasteiger partial charge in [0.15, 0.2) is 0 Å². The van der Waals surface area contributed by atoms with Gasteiger partial charge in [-0.3, -0.25) is 0 Å². The van der Waals surface area contributed by atoms with E-state index in [9.17, 15) is 0 Å². The molecule has 0 bridgehead atoms. The predicted octanol–water partition coefficient (Wildman–Crippen LogP) is 11.9. The van der Waals surface area contributed by atoms with Crippen molar-refractivity contribution in [3.8, 4) is 22.3 Å². The van der Waals surface area contributed by atoms with Gasteiger partial charge < -0.3 is 4.90 Å². The van der Waals surface area contributed by atoms with Crippen LogP contribution in [0.25, 0.3) is 27.8 Å². The van der Waals surface area contributed by atoms with Gasteiger partial charge in [0, 0.05) is 23.0 Å². The van der Waals surface area contributed by atoms with Crippen LogP contribution in [0.3, 0.4) is 0 Å². The van der Waals surface area contributed by atoms with Crippen LogP contribution in [0.1, 0.15) is 29.0 Å². The maximum absolute atomic E-state index is 2.39. The van der Waals surface area contributed by atoms with Crippen LogP contribution in [0.4, 0.5) is 17.1 Å². The Bertz CT molecular complexity index is 1820. The number of allylic oxidation sites excluding steroid dienone is 4. The molecule has 0 saturated heterocycles. The molecule has 1 atom stereocenters. The van der Waals surface area contributed by atoms with E-state index in [1.165, 1.54) is 44.5 Å². The van der Waals surface area contributed by atoms with E-state index in [4.69, 9.17) is 0 Å². The van der Waals surface area contributed by atoms with E-state index in [1.54, 1.807) is 0 Å². The topological polar surface area (TPSA) is 3.24 Å². The zero-order valence-corrected chi connectivity index (χ0v) is 25.0. The minimum atomic E-state index is 0.423. The van der Waals surface area contributed by atoms with Gasteiger partial charge in [-0.2, -0.15) is 0 Å². The Morgan fingerprint density at radius 3 is 1.48 bits per heavy atom. The minimum absolute atomic E-state index is 0.423. The zero-order valence-electron chi connectivity index (χ0n) is 25.0. The number of nitrogens with zero attached hydrogens (tertiary/aromatic N) is 1. The molecule has 0 radical (unpaired) electrons. The summed E-state index contributed by atoms with van der Waals surface area (Å²) >= 11 is 0. The number of aryl methyl sites for hydroxylation is 1. The lowest BCUT2D eigenvalue weighted by Gasteiger charge is -2.27. The molecule has 6 aromatic rings. The first-order valence-corrected chi connectivity index (χ1v) is 15.4. The highest BCUT2D eigenvalue weighted by Gasteiger charge is 2.17. The zero-order chi connectivity index (χ0) is 29.7. The fraction of sp³-hybridized carbons (Fsp3) is 0.0698. The Kier molecular flexibility index (Phi) is 7.76. The quantitative estimate of drug-likeness (QED) is 0.186. The highest BCUT2D eigenvalue weighted by atomic mass is 15.1. The third-order valence-corrected chi connectivity index (χ3v) is 8.45. The second-order valence-corrected chi connectivity index (χ2v) is 11.5. The average Bonchev–Trinajstić information content (AvgIpc) is 3.10. The van der Waals surface area contributed by atoms with Gasteiger partial charge in [0.1, 0.15) is 0 Å². The van der Waals surface area contributed by atoms with Gasteiger partial charge in [0.05, 0.1) is 0 Å². The van der Waals surface area contributed by atoms with Crippen LogP contribution in [-0.4, -0.2) is 0 Å². The van der Waals surface area contributed by atoms with E-state index in [0.717, 1.165) is 23.5 Å². The van der Waals surface area contributed by atoms with E-state index in [-0.39, 0.29) is 0 Å². The Morgan fingerprint density at radius 2 is 0.977 bits per heavy atom. The monoisotopic (exact) mass is 565 g/mol. The first-order chi connectivity index (χ1) is 21.7. The molecule has 0 spiro atoms. The summed E-state index contributed by atoms with van der Waals surface area (Å²) in [6, 6.07) is 56.7. The summed E-state index contributed by atoms with van der Waals surface area (Å²) in [5, 5.41) is 0. The van der Waals surface area contributed by atoms with Crippen molar-refractivity contribution >= 4 is 22.6 Å². The first-order valence-electron chi connectivity index (χ1n) is 15.4. The highest BCUT2D eigenvalue weighted by Crippen LogP contribution is 2.39. The highest BCUT2D eigenvalue weighted by molar-refractivity contribution is 5.84. The Labute approximate surface area is 261 Å². The number of hydrogen-bond donors (Lipinski definition) is 0. The molecule has 7 rings (SSSR count). The maximum Gasteiger partial charge on any atom is 0.0470 e. The van der Waals surface area contributed by atoms with E-state index in [1.807, 2.05) is 0 Å². The molecule has 212 valence electrons. The van der Waals surface area contributed by atoms with Gasteiger partial charge >= 0.3 is 0 Å². The summed E-state index contributed by atoms with van der Waals surface area (Å²) < 4.78 is 0. The standard InChI is InChI=1S/C43H35N/c1-32-29-40(39-19-17-36(18-20-39)33-11-5-2-6-12-33)31-43(30-32)44(41-25-21-37(22-26-41)34-13-7-3-8-14-34)42-27-23-38(24-28-42)35-15-9-4-10-16-35/h2-17,19-31,36H,18H2,1H3. The van der Waals surface area contributed by atoms with Crippen molar-refractivity contribution in [1.29, 1.82) is 0 Å². The normalized spacial score (nSPS) is 14.2. The SMILES string of the molecule is Cc1cc(C2=CCC(c3ccccc3)C=C2)cc(N(c2ccc(-c3ccccc3)cc2)c2ccc(-c3ccccc3)cc2)c1. The van der Waals surface area contributed by atoms with E-state index >= 15 is 0 Å². The predicted molar refractivity (Wildman–Crippen MR) is 188 cm³/mol. The molecule has 0 saturated carbocycles. The lowest BCUT2D eigenvalue weighted by Crippen LogP contribution is -2.10. The van der Waals surface area contributed by atoms with E-state index < -0.39 is 0 Å². The molecular weight excluding hydrogens is 530 g/mol. The van der Waals surface area contributed by atoms with Crippen LogP contribution >= 0.6 is 0 Å². The van der Waals surface area contributed by atoms with Crippen LogP contribution in [0.2, 0.25) is 0 Å². The lowest BCUT2D eigenvalue weighted by molar-refractivity contribution is 0.856. The van der Waals surface area contributed by atoms with Crippen LogP contribution < -0.4 is 4.90 Å². The van der Waals surface area contributed by atoms with Crippen molar-refractivity contribution in [2.75, 3.05) is 4.90 Å². The molecule has 1 heteroatoms. The summed E-state index contributed by atoms with van der Waals surface area (Å²) in [4.78, 5) is 2.37. The van der Waals surface area contributed by atoms with Crippen molar-refractivity contribution in [2.45, 2.75) is 19.3 Å². The van der Waals surface area contributed by atoms with E-state index in [2.05, 4.69) is 188 Å². The minimum Gasteiger partial charge on any atom is -0.310 e. The van der Waals surface area contributed by atoms with E-state index in [0.29, 0.717) is 5.92 Å². The maximum atomic E-state index is 2.39. The molecule has 0 aromatic heterocycles. The molecule has 0 heterocycles. The number of anilines is 3. The molecule has 0 fully saturated rings. The molecule has 44 heavy (non-hydrogen) atoms. The van der Waals surface area contributed by atoms with Crippen molar-refractivity contribution in [3.63, 3.8) is 0 Å². The fourth-order valence-electron chi connectivity index (χ4n) is 6.15. The van der Waals surface area contributed by atoms with Crippen LogP contribution in [0, 0.1) is 6.92 Å². The molecule has 0 amide bonds. The Hall–Kier alpha value is -5.40. The fourth-order valence-corrected chi connectivity index (χ4v) is 6.15. The first kappa shape index (κ1) is 27.4. The smallest absolute Gasteiger partial charge is 0.0470 e. The number of benzene rings is 6. The van der Waals surface area contributed by atoms with Crippen molar-refractivity contribution in [3.05, 3.63) is 193 Å². The van der Waals surface area contributed by atoms with Crippen molar-refractivity contribution in [1.82, 2.24) is 0 Å². The molecule has 1 aliphatic rings. The molecule has 6 aromatic carbocycles. The molecular formula is C43H35N. The Morgan fingerprint density at radius 1 is 0.477 bits per heavy atom. The Balaban J connectivity index is 1.26. The summed E-state index contributed by atoms with van der Waals surface area (Å²) in [6.45, 7) is 2.20. The molecule has 1 nitrogen and oxygen atoms in total. The van der Waals surface area contributed by atoms with Gasteiger partial charge in [0.2, 0.25) is 0 Å². The van der Waals surface area contributed by atoms with Crippen molar-refractivity contribution < 1.29 is 0 Å². The largest absolute Gasteiger partial charge is 0.310 e. The molecule has 0 N–H and O–H groups in total. The van der Waals surface area contributed by atoms with Gasteiger partial charge in [-0.25, -0.2) is 0 Å². The van der Waals surface area contributed by atoms with Gasteiger partial charge in [-0.15, -0.1) is 0 Å². The average molecular weight is 566 g/mol. The van der Waals surface area contributed by atoms with Crippen molar-refractivity contribution in [2.24, 2.45) is 0 Å². The second-order valence-electron chi connectivity index (χ2n) is 11.5. The summed E-state index contributed by atoms with van der Waals surface area (Å²) in [5.74, 6) is 0.423. The molecule has 1 unspecified atom stereocenters. The third-order valence-electron chi connectivity index (χ3n) is 8.45. The molecule has 1 aliphatic carbocycles. The number of rotatable bonds is 7. The van der Waals surface area contributed by atoms with Crippen LogP contribution in [0.15, 0.2) is 176 Å². The van der Waals surface area contributed by atoms with Gasteiger partial charge in [0.25, 0.3) is 0 Å². The van der Waals surface area contributed by atoms with Gasteiger partial charge in [-0.05, 0) is 94.3 Å². The third kappa shape index (κ3) is 5.91. The van der Waals surface area contributed by atoms with Crippen LogP contribution in [0.5, 0.6) is 0 Å². The number of hydrogen-bond acceptors (Lipinski definition) is 1. The van der Waals surface area contributed by atoms with Crippen LogP contribution in [-0.2, 0) is 0 Å². The molecule has 0 aliphatic heterocycles.